The van der Waals surface area contributed by atoms with Crippen molar-refractivity contribution in [2.75, 3.05) is 13.1 Å². The van der Waals surface area contributed by atoms with Crippen molar-refractivity contribution >= 4 is 5.84 Å². The van der Waals surface area contributed by atoms with Crippen molar-refractivity contribution in [1.82, 2.24) is 4.90 Å². The lowest BCUT2D eigenvalue weighted by molar-refractivity contribution is 0.118. The highest BCUT2D eigenvalue weighted by molar-refractivity contribution is 5.82. The van der Waals surface area contributed by atoms with E-state index in [1.54, 1.807) is 0 Å². The van der Waals surface area contributed by atoms with Gasteiger partial charge in [-0.2, -0.15) is 0 Å². The van der Waals surface area contributed by atoms with Crippen LogP contribution in [0.4, 0.5) is 0 Å². The number of nitrogens with two attached hydrogens (primary N) is 1. The number of nitrogens with one attached hydrogen (secondary N) is 1. The van der Waals surface area contributed by atoms with E-state index in [2.05, 4.69) is 25.7 Å². The minimum Gasteiger partial charge on any atom is -0.386 e. The Balaban J connectivity index is 2.56. The largest absolute Gasteiger partial charge is 0.386 e. The molecule has 1 aliphatic heterocycles. The summed E-state index contributed by atoms with van der Waals surface area (Å²) >= 11 is 0. The van der Waals surface area contributed by atoms with Gasteiger partial charge in [0.1, 0.15) is 5.84 Å². The van der Waals surface area contributed by atoms with Crippen LogP contribution >= 0.6 is 0 Å². The van der Waals surface area contributed by atoms with Crippen molar-refractivity contribution in [3.63, 3.8) is 0 Å². The third kappa shape index (κ3) is 2.47. The van der Waals surface area contributed by atoms with Crippen LogP contribution in [0, 0.1) is 17.2 Å². The van der Waals surface area contributed by atoms with Crippen LogP contribution in [0.2, 0.25) is 0 Å². The predicted octanol–water partition coefficient (Wildman–Crippen LogP) is 1.68. The van der Waals surface area contributed by atoms with Crippen molar-refractivity contribution < 1.29 is 0 Å². The Morgan fingerprint density at radius 3 is 2.57 bits per heavy atom. The molecule has 0 aromatic rings. The van der Waals surface area contributed by atoms with Gasteiger partial charge in [-0.1, -0.05) is 20.8 Å². The molecule has 3 nitrogen and oxygen atoms in total. The zero-order chi connectivity index (χ0) is 10.7. The van der Waals surface area contributed by atoms with Crippen LogP contribution in [0.1, 0.15) is 33.6 Å². The third-order valence-corrected chi connectivity index (χ3v) is 3.55. The summed E-state index contributed by atoms with van der Waals surface area (Å²) < 4.78 is 0. The number of amidine groups is 1. The van der Waals surface area contributed by atoms with Gasteiger partial charge >= 0.3 is 0 Å². The molecule has 1 rings (SSSR count). The summed E-state index contributed by atoms with van der Waals surface area (Å²) in [6.45, 7) is 8.91. The van der Waals surface area contributed by atoms with Crippen LogP contribution in [0.15, 0.2) is 0 Å². The van der Waals surface area contributed by atoms with Gasteiger partial charge in [-0.25, -0.2) is 0 Å². The minimum absolute atomic E-state index is 0.171. The molecular weight excluding hydrogens is 174 g/mol. The second kappa shape index (κ2) is 4.78. The van der Waals surface area contributed by atoms with Crippen molar-refractivity contribution in [1.29, 1.82) is 5.41 Å². The summed E-state index contributed by atoms with van der Waals surface area (Å²) in [5.74, 6) is 1.88. The van der Waals surface area contributed by atoms with Crippen LogP contribution in [0.25, 0.3) is 0 Å². The molecule has 0 amide bonds. The molecule has 0 aromatic carbocycles. The van der Waals surface area contributed by atoms with Gasteiger partial charge in [-0.3, -0.25) is 10.3 Å². The average Bonchev–Trinajstić information content (AvgIpc) is 2.11. The van der Waals surface area contributed by atoms with Crippen molar-refractivity contribution in [3.8, 4) is 0 Å². The second-order valence-electron chi connectivity index (χ2n) is 4.62. The fourth-order valence-corrected chi connectivity index (χ4v) is 2.25. The summed E-state index contributed by atoms with van der Waals surface area (Å²) in [7, 11) is 0. The molecule has 0 aromatic heterocycles. The van der Waals surface area contributed by atoms with Gasteiger partial charge < -0.3 is 5.73 Å². The van der Waals surface area contributed by atoms with E-state index < -0.39 is 0 Å². The van der Waals surface area contributed by atoms with E-state index in [4.69, 9.17) is 11.1 Å². The van der Waals surface area contributed by atoms with Crippen molar-refractivity contribution in [2.45, 2.75) is 39.7 Å². The van der Waals surface area contributed by atoms with Gasteiger partial charge in [-0.05, 0) is 31.2 Å². The summed E-state index contributed by atoms with van der Waals surface area (Å²) in [5, 5.41) is 7.54. The standard InChI is InChI=1S/C11H23N3/c1-4-10(11(12)13)14-6-5-8(2)9(3)7-14/h8-10H,4-7H2,1-3H3,(H3,12,13). The zero-order valence-electron chi connectivity index (χ0n) is 9.59. The van der Waals surface area contributed by atoms with Gasteiger partial charge in [-0.15, -0.1) is 0 Å². The molecule has 3 unspecified atom stereocenters. The zero-order valence-corrected chi connectivity index (χ0v) is 9.59. The lowest BCUT2D eigenvalue weighted by Gasteiger charge is -2.39. The van der Waals surface area contributed by atoms with E-state index in [-0.39, 0.29) is 6.04 Å². The maximum atomic E-state index is 7.54. The number of rotatable bonds is 3. The normalized spacial score (nSPS) is 31.4. The molecule has 0 aliphatic carbocycles. The molecular formula is C11H23N3. The molecule has 0 saturated carbocycles. The van der Waals surface area contributed by atoms with Crippen molar-refractivity contribution in [3.05, 3.63) is 0 Å². The Labute approximate surface area is 87.2 Å². The number of likely N-dealkylation sites (tertiary alicyclic amines) is 1. The van der Waals surface area contributed by atoms with Crippen LogP contribution in [-0.4, -0.2) is 29.9 Å². The molecule has 1 fully saturated rings. The summed E-state index contributed by atoms with van der Waals surface area (Å²) in [6, 6.07) is 0.171. The molecule has 1 heterocycles. The van der Waals surface area contributed by atoms with E-state index in [1.807, 2.05) is 0 Å². The predicted molar refractivity (Wildman–Crippen MR) is 60.5 cm³/mol. The van der Waals surface area contributed by atoms with Crippen LogP contribution in [0.5, 0.6) is 0 Å². The molecule has 1 saturated heterocycles. The first-order valence-electron chi connectivity index (χ1n) is 5.64. The number of piperidine rings is 1. The molecule has 3 N–H and O–H groups in total. The molecule has 0 spiro atoms. The quantitative estimate of drug-likeness (QED) is 0.534. The number of hydrogen-bond donors (Lipinski definition) is 2. The first kappa shape index (κ1) is 11.5. The fourth-order valence-electron chi connectivity index (χ4n) is 2.25. The maximum absolute atomic E-state index is 7.54. The Bertz CT molecular complexity index is 203. The number of hydrogen-bond acceptors (Lipinski definition) is 2. The molecule has 1 aliphatic rings. The van der Waals surface area contributed by atoms with E-state index in [9.17, 15) is 0 Å². The second-order valence-corrected chi connectivity index (χ2v) is 4.62. The van der Waals surface area contributed by atoms with E-state index in [0.29, 0.717) is 5.84 Å². The van der Waals surface area contributed by atoms with Crippen LogP contribution < -0.4 is 5.73 Å². The Morgan fingerprint density at radius 2 is 2.14 bits per heavy atom. The van der Waals surface area contributed by atoms with Gasteiger partial charge in [0.05, 0.1) is 6.04 Å². The SMILES string of the molecule is CCC(C(=N)N)N1CCC(C)C(C)C1. The minimum atomic E-state index is 0.171. The summed E-state index contributed by atoms with van der Waals surface area (Å²) in [4.78, 5) is 2.37. The smallest absolute Gasteiger partial charge is 0.108 e. The average molecular weight is 197 g/mol. The van der Waals surface area contributed by atoms with E-state index in [0.717, 1.165) is 31.3 Å². The highest BCUT2D eigenvalue weighted by Gasteiger charge is 2.27. The maximum Gasteiger partial charge on any atom is 0.108 e. The van der Waals surface area contributed by atoms with E-state index in [1.165, 1.54) is 6.42 Å². The summed E-state index contributed by atoms with van der Waals surface area (Å²) in [5.41, 5.74) is 5.60. The third-order valence-electron chi connectivity index (χ3n) is 3.55. The van der Waals surface area contributed by atoms with Gasteiger partial charge in [0.2, 0.25) is 0 Å². The fraction of sp³-hybridized carbons (Fsp3) is 0.909. The highest BCUT2D eigenvalue weighted by Crippen LogP contribution is 2.24. The Kier molecular flexibility index (Phi) is 3.93. The molecule has 0 bridgehead atoms. The van der Waals surface area contributed by atoms with Gasteiger partial charge in [0, 0.05) is 6.54 Å². The van der Waals surface area contributed by atoms with Crippen molar-refractivity contribution in [2.24, 2.45) is 17.6 Å². The lowest BCUT2D eigenvalue weighted by Crippen LogP contribution is -2.49. The van der Waals surface area contributed by atoms with E-state index >= 15 is 0 Å². The van der Waals surface area contributed by atoms with Gasteiger partial charge in [0.15, 0.2) is 0 Å². The summed E-state index contributed by atoms with van der Waals surface area (Å²) in [6.07, 6.45) is 2.20. The topological polar surface area (TPSA) is 53.1 Å². The molecule has 3 heteroatoms. The Hall–Kier alpha value is -0.570. The molecule has 3 atom stereocenters. The highest BCUT2D eigenvalue weighted by atomic mass is 15.2. The van der Waals surface area contributed by atoms with Crippen LogP contribution in [0.3, 0.4) is 0 Å². The first-order valence-corrected chi connectivity index (χ1v) is 5.64. The first-order chi connectivity index (χ1) is 6.56. The molecule has 82 valence electrons. The van der Waals surface area contributed by atoms with Crippen LogP contribution in [-0.2, 0) is 0 Å². The monoisotopic (exact) mass is 197 g/mol. The molecule has 14 heavy (non-hydrogen) atoms. The molecule has 0 radical (unpaired) electrons. The van der Waals surface area contributed by atoms with Gasteiger partial charge in [0.25, 0.3) is 0 Å². The lowest BCUT2D eigenvalue weighted by atomic mass is 9.87. The Morgan fingerprint density at radius 1 is 1.50 bits per heavy atom. The number of nitrogens with zero attached hydrogens (tertiary/aromatic N) is 1.